The molecule has 0 saturated carbocycles. The van der Waals surface area contributed by atoms with Crippen molar-refractivity contribution in [3.8, 4) is 5.75 Å². The van der Waals surface area contributed by atoms with Gasteiger partial charge >= 0.3 is 17.6 Å². The lowest BCUT2D eigenvalue weighted by Gasteiger charge is -2.30. The minimum atomic E-state index is -1.02. The quantitative estimate of drug-likeness (QED) is 0.231. The van der Waals surface area contributed by atoms with Gasteiger partial charge in [0.25, 0.3) is 11.8 Å². The number of hydrogen-bond acceptors (Lipinski definition) is 10. The number of methoxy groups -OCH3 is 2. The first-order valence-corrected chi connectivity index (χ1v) is 11.8. The van der Waals surface area contributed by atoms with Crippen molar-refractivity contribution in [3.63, 3.8) is 0 Å². The van der Waals surface area contributed by atoms with Gasteiger partial charge in [0.1, 0.15) is 6.61 Å². The number of nitrogens with one attached hydrogen (secondary N) is 1. The summed E-state index contributed by atoms with van der Waals surface area (Å²) in [5.74, 6) is -3.51. The lowest BCUT2D eigenvalue weighted by molar-refractivity contribution is -0.385. The molecule has 0 aliphatic carbocycles. The van der Waals surface area contributed by atoms with Crippen molar-refractivity contribution < 1.29 is 38.3 Å². The minimum Gasteiger partial charge on any atom is -0.485 e. The van der Waals surface area contributed by atoms with Crippen LogP contribution in [0.25, 0.3) is 0 Å². The van der Waals surface area contributed by atoms with Crippen LogP contribution in [0, 0.1) is 10.1 Å². The summed E-state index contributed by atoms with van der Waals surface area (Å²) in [6.07, 6.45) is 0. The monoisotopic (exact) mass is 535 g/mol. The number of hydrogen-bond donors (Lipinski definition) is 1. The van der Waals surface area contributed by atoms with Crippen LogP contribution in [-0.4, -0.2) is 60.9 Å². The van der Waals surface area contributed by atoms with Gasteiger partial charge in [-0.25, -0.2) is 9.59 Å². The van der Waals surface area contributed by atoms with E-state index in [2.05, 4.69) is 5.32 Å². The molecule has 2 heterocycles. The Bertz CT molecular complexity index is 1400. The van der Waals surface area contributed by atoms with Gasteiger partial charge in [0.05, 0.1) is 53.9 Å². The number of fused-ring (bicyclic) bond motifs is 1. The Morgan fingerprint density at radius 1 is 0.949 bits per heavy atom. The highest BCUT2D eigenvalue weighted by molar-refractivity contribution is 6.21. The Hall–Kier alpha value is -5.00. The predicted octanol–water partition coefficient (Wildman–Crippen LogP) is 2.85. The summed E-state index contributed by atoms with van der Waals surface area (Å²) < 4.78 is 15.5. The maximum atomic E-state index is 12.7. The van der Waals surface area contributed by atoms with Crippen molar-refractivity contribution >= 4 is 29.4 Å². The Kier molecular flexibility index (Phi) is 7.47. The topological polar surface area (TPSA) is 154 Å². The number of ether oxygens (including phenoxy) is 3. The molecular weight excluding hydrogens is 510 g/mol. The van der Waals surface area contributed by atoms with Crippen LogP contribution >= 0.6 is 0 Å². The lowest BCUT2D eigenvalue weighted by atomic mass is 9.80. The molecule has 39 heavy (non-hydrogen) atoms. The molecule has 2 aromatic carbocycles. The maximum absolute atomic E-state index is 12.7. The molecule has 4 rings (SSSR count). The van der Waals surface area contributed by atoms with Gasteiger partial charge in [-0.15, -0.1) is 0 Å². The number of dihydropyridines is 1. The Morgan fingerprint density at radius 2 is 1.49 bits per heavy atom. The highest BCUT2D eigenvalue weighted by Crippen LogP contribution is 2.41. The molecule has 0 spiro atoms. The minimum absolute atomic E-state index is 0.0945. The van der Waals surface area contributed by atoms with Crippen LogP contribution < -0.4 is 10.1 Å². The van der Waals surface area contributed by atoms with Gasteiger partial charge in [0.15, 0.2) is 5.75 Å². The van der Waals surface area contributed by atoms with Crippen LogP contribution in [0.3, 0.4) is 0 Å². The van der Waals surface area contributed by atoms with Crippen molar-refractivity contribution in [2.24, 2.45) is 0 Å². The average Bonchev–Trinajstić information content (AvgIpc) is 3.16. The third-order valence-corrected chi connectivity index (χ3v) is 6.53. The molecule has 0 saturated heterocycles. The second-order valence-electron chi connectivity index (χ2n) is 8.76. The lowest BCUT2D eigenvalue weighted by Crippen LogP contribution is -2.33. The van der Waals surface area contributed by atoms with E-state index in [1.807, 2.05) is 0 Å². The molecule has 2 aromatic rings. The predicted molar refractivity (Wildman–Crippen MR) is 136 cm³/mol. The molecule has 2 amide bonds. The van der Waals surface area contributed by atoms with Crippen molar-refractivity contribution in [2.45, 2.75) is 19.8 Å². The Morgan fingerprint density at radius 3 is 1.97 bits per heavy atom. The normalized spacial score (nSPS) is 15.2. The van der Waals surface area contributed by atoms with Crippen LogP contribution in [0.15, 0.2) is 65.0 Å². The number of nitro benzene ring substituents is 1. The highest BCUT2D eigenvalue weighted by atomic mass is 16.6. The number of carbonyl (C=O) groups excluding carboxylic acids is 4. The van der Waals surface area contributed by atoms with E-state index >= 15 is 0 Å². The first kappa shape index (κ1) is 27.0. The van der Waals surface area contributed by atoms with E-state index in [4.69, 9.17) is 14.2 Å². The molecule has 0 unspecified atom stereocenters. The van der Waals surface area contributed by atoms with Gasteiger partial charge in [-0.05, 0) is 37.6 Å². The van der Waals surface area contributed by atoms with Crippen LogP contribution in [0.4, 0.5) is 5.69 Å². The standard InChI is InChI=1S/C27H25N3O9/c1-14-21(26(33)37-3)23(22(15(2)28-14)27(34)38-4)16-9-10-20(19(13-16)30(35)36)39-12-11-29-24(31)17-7-5-6-8-18(17)25(29)32/h5-10,13,23,28H,11-12H2,1-4H3. The van der Waals surface area contributed by atoms with Crippen molar-refractivity contribution in [1.29, 1.82) is 0 Å². The fourth-order valence-corrected chi connectivity index (χ4v) is 4.76. The molecule has 0 atom stereocenters. The zero-order valence-electron chi connectivity index (χ0n) is 21.6. The molecule has 12 heteroatoms. The fourth-order valence-electron chi connectivity index (χ4n) is 4.76. The van der Waals surface area contributed by atoms with E-state index in [-0.39, 0.29) is 46.7 Å². The molecule has 2 aliphatic heterocycles. The molecule has 1 N–H and O–H groups in total. The number of carbonyl (C=O) groups is 4. The van der Waals surface area contributed by atoms with E-state index in [0.29, 0.717) is 11.4 Å². The van der Waals surface area contributed by atoms with E-state index in [0.717, 1.165) is 4.90 Å². The van der Waals surface area contributed by atoms with E-state index < -0.39 is 40.3 Å². The fraction of sp³-hybridized carbons (Fsp3) is 0.259. The van der Waals surface area contributed by atoms with Crippen LogP contribution in [0.2, 0.25) is 0 Å². The van der Waals surface area contributed by atoms with Crippen LogP contribution in [0.1, 0.15) is 46.0 Å². The second kappa shape index (κ2) is 10.8. The number of benzene rings is 2. The summed E-state index contributed by atoms with van der Waals surface area (Å²) in [6, 6.07) is 10.5. The number of nitrogens with zero attached hydrogens (tertiary/aromatic N) is 2. The van der Waals surface area contributed by atoms with Crippen molar-refractivity contribution in [2.75, 3.05) is 27.4 Å². The van der Waals surface area contributed by atoms with Gasteiger partial charge in [0.2, 0.25) is 0 Å². The summed E-state index contributed by atoms with van der Waals surface area (Å²) >= 11 is 0. The summed E-state index contributed by atoms with van der Waals surface area (Å²) in [5.41, 5.74) is 1.42. The number of allylic oxidation sites excluding steroid dienone is 2. The first-order chi connectivity index (χ1) is 18.6. The number of rotatable bonds is 8. The zero-order valence-corrected chi connectivity index (χ0v) is 21.6. The van der Waals surface area contributed by atoms with E-state index in [1.54, 1.807) is 38.1 Å². The first-order valence-electron chi connectivity index (χ1n) is 11.8. The third-order valence-electron chi connectivity index (χ3n) is 6.53. The van der Waals surface area contributed by atoms with Gasteiger partial charge in [-0.2, -0.15) is 0 Å². The molecule has 0 fully saturated rings. The number of esters is 2. The third kappa shape index (κ3) is 4.83. The van der Waals surface area contributed by atoms with Gasteiger partial charge < -0.3 is 19.5 Å². The molecule has 0 aromatic heterocycles. The molecule has 0 radical (unpaired) electrons. The molecule has 202 valence electrons. The smallest absolute Gasteiger partial charge is 0.336 e. The highest BCUT2D eigenvalue weighted by Gasteiger charge is 2.39. The van der Waals surface area contributed by atoms with Gasteiger partial charge in [-0.1, -0.05) is 18.2 Å². The van der Waals surface area contributed by atoms with Crippen molar-refractivity contribution in [3.05, 3.63) is 91.8 Å². The number of imide groups is 1. The van der Waals surface area contributed by atoms with Crippen LogP contribution in [-0.2, 0) is 19.1 Å². The van der Waals surface area contributed by atoms with Gasteiger partial charge in [-0.3, -0.25) is 24.6 Å². The summed E-state index contributed by atoms with van der Waals surface area (Å²) in [7, 11) is 2.38. The number of nitro groups is 1. The van der Waals surface area contributed by atoms with Crippen molar-refractivity contribution in [1.82, 2.24) is 10.2 Å². The summed E-state index contributed by atoms with van der Waals surface area (Å²) in [6.45, 7) is 2.93. The Labute approximate surface area is 223 Å². The molecule has 0 bridgehead atoms. The van der Waals surface area contributed by atoms with E-state index in [9.17, 15) is 29.3 Å². The zero-order chi connectivity index (χ0) is 28.4. The SMILES string of the molecule is COC(=O)C1=C(C)NC(C)=C(C(=O)OC)C1c1ccc(OCCN2C(=O)c3ccccc3C2=O)c([N+](=O)[O-])c1. The van der Waals surface area contributed by atoms with E-state index in [1.165, 1.54) is 32.4 Å². The van der Waals surface area contributed by atoms with Gasteiger partial charge in [0, 0.05) is 17.5 Å². The average molecular weight is 536 g/mol. The molecule has 2 aliphatic rings. The summed E-state index contributed by atoms with van der Waals surface area (Å²) in [4.78, 5) is 62.9. The largest absolute Gasteiger partial charge is 0.485 e. The maximum Gasteiger partial charge on any atom is 0.336 e. The second-order valence-corrected chi connectivity index (χ2v) is 8.76. The Balaban J connectivity index is 1.64. The molecule has 12 nitrogen and oxygen atoms in total. The summed E-state index contributed by atoms with van der Waals surface area (Å²) in [5, 5.41) is 15.0. The molecular formula is C27H25N3O9. The number of amides is 2. The van der Waals surface area contributed by atoms with Crippen LogP contribution in [0.5, 0.6) is 5.75 Å².